The second-order valence-corrected chi connectivity index (χ2v) is 9.82. The molecule has 2 fully saturated rings. The molecular formula is C21H26N4O3S2. The molecule has 0 aromatic carbocycles. The molecule has 30 heavy (non-hydrogen) atoms. The van der Waals surface area contributed by atoms with Crippen molar-refractivity contribution < 1.29 is 14.2 Å². The molecule has 0 bridgehead atoms. The molecule has 5 rings (SSSR count). The van der Waals surface area contributed by atoms with Crippen molar-refractivity contribution >= 4 is 38.7 Å². The van der Waals surface area contributed by atoms with Gasteiger partial charge in [-0.15, -0.1) is 22.7 Å². The van der Waals surface area contributed by atoms with E-state index >= 15 is 0 Å². The summed E-state index contributed by atoms with van der Waals surface area (Å²) in [6.45, 7) is 9.22. The smallest absolute Gasteiger partial charge is 0.163 e. The number of thiophene rings is 2. The Hall–Kier alpha value is -1.62. The molecule has 3 aromatic rings. The summed E-state index contributed by atoms with van der Waals surface area (Å²) in [5.41, 5.74) is 1.19. The molecule has 5 heterocycles. The van der Waals surface area contributed by atoms with Crippen molar-refractivity contribution in [2.75, 3.05) is 44.8 Å². The van der Waals surface area contributed by atoms with E-state index in [-0.39, 0.29) is 6.10 Å². The molecule has 1 N–H and O–H groups in total. The molecular weight excluding hydrogens is 420 g/mol. The van der Waals surface area contributed by atoms with Crippen LogP contribution in [0.4, 0.5) is 5.82 Å². The van der Waals surface area contributed by atoms with Crippen molar-refractivity contribution in [3.63, 3.8) is 0 Å². The van der Waals surface area contributed by atoms with Gasteiger partial charge in [-0.05, 0) is 25.3 Å². The first-order chi connectivity index (χ1) is 14.6. The highest BCUT2D eigenvalue weighted by Gasteiger charge is 2.32. The van der Waals surface area contributed by atoms with E-state index in [1.54, 1.807) is 22.7 Å². The molecule has 2 aliphatic rings. The monoisotopic (exact) mass is 446 g/mol. The first kappa shape index (κ1) is 20.3. The van der Waals surface area contributed by atoms with Gasteiger partial charge in [0.25, 0.3) is 0 Å². The number of hydrogen-bond acceptors (Lipinski definition) is 9. The van der Waals surface area contributed by atoms with Gasteiger partial charge in [0.15, 0.2) is 5.79 Å². The molecule has 1 atom stereocenters. The summed E-state index contributed by atoms with van der Waals surface area (Å²) < 4.78 is 17.2. The van der Waals surface area contributed by atoms with E-state index in [0.29, 0.717) is 13.2 Å². The van der Waals surface area contributed by atoms with Gasteiger partial charge >= 0.3 is 0 Å². The van der Waals surface area contributed by atoms with E-state index < -0.39 is 5.79 Å². The number of morpholine rings is 1. The van der Waals surface area contributed by atoms with Crippen LogP contribution in [0.25, 0.3) is 20.7 Å². The highest BCUT2D eigenvalue weighted by molar-refractivity contribution is 7.18. The topological polar surface area (TPSA) is 68.7 Å². The van der Waals surface area contributed by atoms with Crippen LogP contribution in [0.5, 0.6) is 0 Å². The third-order valence-electron chi connectivity index (χ3n) is 5.30. The highest BCUT2D eigenvalue weighted by atomic mass is 32.1. The minimum Gasteiger partial charge on any atom is -0.379 e. The number of hydrogen-bond donors (Lipinski definition) is 1. The van der Waals surface area contributed by atoms with Gasteiger partial charge in [0.05, 0.1) is 31.8 Å². The average Bonchev–Trinajstić information content (AvgIpc) is 3.46. The van der Waals surface area contributed by atoms with Crippen molar-refractivity contribution in [1.82, 2.24) is 14.9 Å². The van der Waals surface area contributed by atoms with E-state index in [9.17, 15) is 0 Å². The lowest BCUT2D eigenvalue weighted by molar-refractivity contribution is -0.136. The Balaban J connectivity index is 1.45. The first-order valence-electron chi connectivity index (χ1n) is 10.3. The van der Waals surface area contributed by atoms with Crippen molar-refractivity contribution in [3.8, 4) is 10.4 Å². The zero-order valence-corrected chi connectivity index (χ0v) is 18.9. The van der Waals surface area contributed by atoms with Crippen LogP contribution in [0.2, 0.25) is 0 Å². The summed E-state index contributed by atoms with van der Waals surface area (Å²) in [6.07, 6.45) is -0.00321. The molecule has 0 saturated carbocycles. The summed E-state index contributed by atoms with van der Waals surface area (Å²) in [5.74, 6) is 1.19. The Kier molecular flexibility index (Phi) is 5.74. The SMILES string of the molecule is CC1(C)OC[C@H](CNc2nc(CN3CCOCC3)nc3scc(-c4cccs4)c23)O1. The molecule has 0 unspecified atom stereocenters. The number of ether oxygens (including phenoxy) is 3. The van der Waals surface area contributed by atoms with Crippen molar-refractivity contribution in [2.45, 2.75) is 32.3 Å². The molecule has 3 aromatic heterocycles. The molecule has 160 valence electrons. The summed E-state index contributed by atoms with van der Waals surface area (Å²) >= 11 is 3.41. The maximum Gasteiger partial charge on any atom is 0.163 e. The third kappa shape index (κ3) is 4.37. The maximum absolute atomic E-state index is 5.97. The predicted octanol–water partition coefficient (Wildman–Crippen LogP) is 3.82. The normalized spacial score (nSPS) is 22.0. The van der Waals surface area contributed by atoms with Crippen LogP contribution in [0, 0.1) is 0 Å². The second-order valence-electron chi connectivity index (χ2n) is 8.02. The Morgan fingerprint density at radius 2 is 2.10 bits per heavy atom. The van der Waals surface area contributed by atoms with Gasteiger partial charge in [-0.1, -0.05) is 6.07 Å². The van der Waals surface area contributed by atoms with Gasteiger partial charge < -0.3 is 19.5 Å². The lowest BCUT2D eigenvalue weighted by atomic mass is 10.2. The molecule has 0 spiro atoms. The van der Waals surface area contributed by atoms with E-state index in [2.05, 4.69) is 33.1 Å². The van der Waals surface area contributed by atoms with Crippen LogP contribution >= 0.6 is 22.7 Å². The zero-order valence-electron chi connectivity index (χ0n) is 17.2. The molecule has 0 amide bonds. The highest BCUT2D eigenvalue weighted by Crippen LogP contribution is 2.39. The van der Waals surface area contributed by atoms with Crippen LogP contribution in [-0.4, -0.2) is 66.2 Å². The molecule has 0 radical (unpaired) electrons. The van der Waals surface area contributed by atoms with Gasteiger partial charge in [-0.25, -0.2) is 9.97 Å². The molecule has 0 aliphatic carbocycles. The molecule has 9 heteroatoms. The number of nitrogens with zero attached hydrogens (tertiary/aromatic N) is 3. The number of nitrogens with one attached hydrogen (secondary N) is 1. The van der Waals surface area contributed by atoms with E-state index in [1.165, 1.54) is 10.4 Å². The quantitative estimate of drug-likeness (QED) is 0.617. The number of anilines is 1. The zero-order chi connectivity index (χ0) is 20.6. The van der Waals surface area contributed by atoms with E-state index in [1.807, 2.05) is 13.8 Å². The number of fused-ring (bicyclic) bond motifs is 1. The standard InChI is InChI=1S/C21H26N4O3S2/c1-21(2)27-12-14(28-21)10-22-19-18-15(16-4-3-9-29-16)13-30-20(18)24-17(23-19)11-25-5-7-26-8-6-25/h3-4,9,13-14H,5-8,10-12H2,1-2H3,(H,22,23,24)/t14-/m0/s1. The van der Waals surface area contributed by atoms with Gasteiger partial charge in [0, 0.05) is 35.5 Å². The lowest BCUT2D eigenvalue weighted by Crippen LogP contribution is -2.36. The van der Waals surface area contributed by atoms with Crippen LogP contribution in [0.15, 0.2) is 22.9 Å². The Morgan fingerprint density at radius 3 is 2.83 bits per heavy atom. The fourth-order valence-electron chi connectivity index (χ4n) is 3.83. The number of rotatable bonds is 6. The van der Waals surface area contributed by atoms with Gasteiger partial charge in [-0.2, -0.15) is 0 Å². The first-order valence-corrected chi connectivity index (χ1v) is 12.0. The van der Waals surface area contributed by atoms with E-state index in [0.717, 1.165) is 54.7 Å². The van der Waals surface area contributed by atoms with E-state index in [4.69, 9.17) is 24.2 Å². The van der Waals surface area contributed by atoms with Crippen LogP contribution in [0.3, 0.4) is 0 Å². The summed E-state index contributed by atoms with van der Waals surface area (Å²) in [6, 6.07) is 4.23. The maximum atomic E-state index is 5.97. The number of aromatic nitrogens is 2. The molecule has 2 saturated heterocycles. The lowest BCUT2D eigenvalue weighted by Gasteiger charge is -2.26. The van der Waals surface area contributed by atoms with Gasteiger partial charge in [0.1, 0.15) is 22.6 Å². The van der Waals surface area contributed by atoms with Crippen LogP contribution in [0.1, 0.15) is 19.7 Å². The largest absolute Gasteiger partial charge is 0.379 e. The minimum absolute atomic E-state index is 0.00321. The average molecular weight is 447 g/mol. The minimum atomic E-state index is -0.528. The van der Waals surface area contributed by atoms with Gasteiger partial charge in [-0.3, -0.25) is 4.90 Å². The summed E-state index contributed by atoms with van der Waals surface area (Å²) in [5, 5.41) is 8.92. The Labute approximate surface area is 184 Å². The summed E-state index contributed by atoms with van der Waals surface area (Å²) in [7, 11) is 0. The van der Waals surface area contributed by atoms with Crippen molar-refractivity contribution in [1.29, 1.82) is 0 Å². The Morgan fingerprint density at radius 1 is 1.23 bits per heavy atom. The molecule has 2 aliphatic heterocycles. The predicted molar refractivity (Wildman–Crippen MR) is 120 cm³/mol. The van der Waals surface area contributed by atoms with Crippen molar-refractivity contribution in [2.24, 2.45) is 0 Å². The van der Waals surface area contributed by atoms with Crippen LogP contribution in [-0.2, 0) is 20.8 Å². The van der Waals surface area contributed by atoms with Crippen LogP contribution < -0.4 is 5.32 Å². The van der Waals surface area contributed by atoms with Gasteiger partial charge in [0.2, 0.25) is 0 Å². The second kappa shape index (κ2) is 8.49. The summed E-state index contributed by atoms with van der Waals surface area (Å²) in [4.78, 5) is 14.4. The fraction of sp³-hybridized carbons (Fsp3) is 0.524. The van der Waals surface area contributed by atoms with Crippen molar-refractivity contribution in [3.05, 3.63) is 28.7 Å². The fourth-order valence-corrected chi connectivity index (χ4v) is 5.61. The molecule has 7 nitrogen and oxygen atoms in total. The third-order valence-corrected chi connectivity index (χ3v) is 7.08. The Bertz CT molecular complexity index is 999.